The summed E-state index contributed by atoms with van der Waals surface area (Å²) in [4.78, 5) is 2.96. The quantitative estimate of drug-likeness (QED) is 0.472. The number of aromatic hydroxyl groups is 1. The van der Waals surface area contributed by atoms with Crippen molar-refractivity contribution in [1.29, 1.82) is 0 Å². The van der Waals surface area contributed by atoms with Gasteiger partial charge in [-0.05, 0) is 12.1 Å². The molecule has 14 heavy (non-hydrogen) atoms. The molecule has 1 unspecified atom stereocenters. The van der Waals surface area contributed by atoms with Crippen molar-refractivity contribution in [3.05, 3.63) is 40.9 Å². The molecule has 70 valence electrons. The lowest BCUT2D eigenvalue weighted by molar-refractivity contribution is -0.0188. The molecule has 1 aliphatic rings. The summed E-state index contributed by atoms with van der Waals surface area (Å²) < 4.78 is 0. The Bertz CT molecular complexity index is 459. The summed E-state index contributed by atoms with van der Waals surface area (Å²) in [5.74, 6) is 0.106. The summed E-state index contributed by atoms with van der Waals surface area (Å²) in [6, 6.07) is 4.84. The van der Waals surface area contributed by atoms with Gasteiger partial charge in [0.25, 0.3) is 0 Å². The molecular weight excluding hydrogens is 180 g/mol. The minimum absolute atomic E-state index is 0.106. The van der Waals surface area contributed by atoms with Gasteiger partial charge in [-0.3, -0.25) is 0 Å². The summed E-state index contributed by atoms with van der Waals surface area (Å²) in [7, 11) is 0. The van der Waals surface area contributed by atoms with Crippen molar-refractivity contribution in [2.75, 3.05) is 0 Å². The number of hydrogen-bond donors (Lipinski definition) is 2. The number of nitrogens with zero attached hydrogens (tertiary/aromatic N) is 2. The van der Waals surface area contributed by atoms with E-state index in [1.165, 1.54) is 12.1 Å². The van der Waals surface area contributed by atoms with E-state index in [-0.39, 0.29) is 11.5 Å². The van der Waals surface area contributed by atoms with Crippen molar-refractivity contribution in [2.24, 2.45) is 0 Å². The Hall–Kier alpha value is -1.90. The molecule has 0 aromatic heterocycles. The lowest BCUT2D eigenvalue weighted by atomic mass is 9.93. The molecule has 1 aromatic carbocycles. The van der Waals surface area contributed by atoms with Crippen molar-refractivity contribution in [2.45, 2.75) is 6.10 Å². The topological polar surface area (TPSA) is 76.9 Å². The molecule has 1 aliphatic carbocycles. The summed E-state index contributed by atoms with van der Waals surface area (Å²) in [6.07, 6.45) is 2.09. The van der Waals surface area contributed by atoms with Gasteiger partial charge in [-0.15, -0.1) is 0 Å². The number of phenolic OH excluding ortho intramolecular Hbond substituents is 1. The van der Waals surface area contributed by atoms with Crippen LogP contribution in [0.4, 0.5) is 0 Å². The van der Waals surface area contributed by atoms with Gasteiger partial charge in [0.1, 0.15) is 5.75 Å². The Morgan fingerprint density at radius 3 is 2.79 bits per heavy atom. The van der Waals surface area contributed by atoms with E-state index in [1.807, 2.05) is 0 Å². The highest BCUT2D eigenvalue weighted by Gasteiger charge is 2.27. The minimum atomic E-state index is -0.980. The average molecular weight is 188 g/mol. The summed E-state index contributed by atoms with van der Waals surface area (Å²) in [5, 5.41) is 19.2. The molecule has 0 radical (unpaired) electrons. The van der Waals surface area contributed by atoms with Gasteiger partial charge in [-0.25, -0.2) is 0 Å². The Morgan fingerprint density at radius 1 is 1.29 bits per heavy atom. The normalized spacial score (nSPS) is 18.9. The highest BCUT2D eigenvalue weighted by atomic mass is 16.3. The molecular formula is C10H8N2O2. The maximum absolute atomic E-state index is 9.69. The first kappa shape index (κ1) is 8.69. The number of benzene rings is 1. The Morgan fingerprint density at radius 2 is 2.07 bits per heavy atom. The molecule has 0 aliphatic heterocycles. The molecule has 0 saturated carbocycles. The maximum Gasteiger partial charge on any atom is 0.324 e. The van der Waals surface area contributed by atoms with E-state index in [0.717, 1.165) is 0 Å². The number of aliphatic hydroxyl groups is 1. The van der Waals surface area contributed by atoms with Crippen LogP contribution in [-0.2, 0) is 0 Å². The van der Waals surface area contributed by atoms with Gasteiger partial charge in [0.05, 0.1) is 0 Å². The zero-order valence-electron chi connectivity index (χ0n) is 7.25. The Balaban J connectivity index is 2.66. The molecule has 0 spiro atoms. The number of hydrogen-bond acceptors (Lipinski definition) is 2. The second-order valence-electron chi connectivity index (χ2n) is 3.04. The van der Waals surface area contributed by atoms with E-state index in [4.69, 9.17) is 5.53 Å². The van der Waals surface area contributed by atoms with Crippen molar-refractivity contribution in [3.8, 4) is 5.75 Å². The predicted octanol–water partition coefficient (Wildman–Crippen LogP) is 1.12. The van der Waals surface area contributed by atoms with E-state index in [9.17, 15) is 10.2 Å². The van der Waals surface area contributed by atoms with Crippen LogP contribution in [0.1, 0.15) is 17.2 Å². The van der Waals surface area contributed by atoms with E-state index in [2.05, 4.69) is 4.79 Å². The molecule has 2 rings (SSSR count). The molecule has 0 heterocycles. The molecule has 1 aromatic rings. The second kappa shape index (κ2) is 3.10. The molecule has 0 bridgehead atoms. The van der Waals surface area contributed by atoms with Crippen LogP contribution < -0.4 is 0 Å². The molecule has 0 fully saturated rings. The number of fused-ring (bicyclic) bond motifs is 1. The fourth-order valence-corrected chi connectivity index (χ4v) is 1.50. The van der Waals surface area contributed by atoms with Gasteiger partial charge >= 0.3 is 5.71 Å². The van der Waals surface area contributed by atoms with Crippen LogP contribution in [0.2, 0.25) is 0 Å². The van der Waals surface area contributed by atoms with E-state index in [1.54, 1.807) is 18.2 Å². The van der Waals surface area contributed by atoms with Crippen LogP contribution in [0, 0.1) is 0 Å². The molecule has 4 heteroatoms. The standard InChI is InChI=1S/C10H8N2O2/c11-12-8-5-4-6-7(10(8)14)2-1-3-9(6)13/h1-5,10,13-14H. The lowest BCUT2D eigenvalue weighted by Gasteiger charge is -2.13. The fraction of sp³-hybridized carbons (Fsp3) is 0.100. The Kier molecular flexibility index (Phi) is 1.93. The highest BCUT2D eigenvalue weighted by Crippen LogP contribution is 2.31. The maximum atomic E-state index is 9.69. The van der Waals surface area contributed by atoms with Crippen LogP contribution in [0.3, 0.4) is 0 Å². The number of aliphatic hydroxyl groups excluding tert-OH is 1. The molecule has 0 amide bonds. The summed E-state index contributed by atoms with van der Waals surface area (Å²) >= 11 is 0. The highest BCUT2D eigenvalue weighted by molar-refractivity contribution is 6.01. The lowest BCUT2D eigenvalue weighted by Crippen LogP contribution is -2.15. The van der Waals surface area contributed by atoms with Gasteiger partial charge in [0.15, 0.2) is 6.10 Å². The van der Waals surface area contributed by atoms with Gasteiger partial charge in [0.2, 0.25) is 0 Å². The largest absolute Gasteiger partial charge is 0.507 e. The first-order valence-corrected chi connectivity index (χ1v) is 4.14. The van der Waals surface area contributed by atoms with Gasteiger partial charge in [-0.2, -0.15) is 4.79 Å². The SMILES string of the molecule is [N-]=[N+]=C1C=Cc2c(O)cccc2C1O. The van der Waals surface area contributed by atoms with Crippen LogP contribution in [0.25, 0.3) is 11.6 Å². The van der Waals surface area contributed by atoms with E-state index >= 15 is 0 Å². The predicted molar refractivity (Wildman–Crippen MR) is 50.7 cm³/mol. The van der Waals surface area contributed by atoms with Crippen LogP contribution in [-0.4, -0.2) is 20.7 Å². The third kappa shape index (κ3) is 1.14. The summed E-state index contributed by atoms with van der Waals surface area (Å²) in [5.41, 5.74) is 9.84. The fourth-order valence-electron chi connectivity index (χ4n) is 1.50. The van der Waals surface area contributed by atoms with Gasteiger partial charge in [-0.1, -0.05) is 12.1 Å². The average Bonchev–Trinajstić information content (AvgIpc) is 2.20. The van der Waals surface area contributed by atoms with Crippen molar-refractivity contribution in [1.82, 2.24) is 0 Å². The second-order valence-corrected chi connectivity index (χ2v) is 3.04. The van der Waals surface area contributed by atoms with Crippen LogP contribution in [0.15, 0.2) is 24.3 Å². The van der Waals surface area contributed by atoms with Gasteiger partial charge in [0, 0.05) is 17.2 Å². The zero-order chi connectivity index (χ0) is 10.1. The molecule has 2 N–H and O–H groups in total. The van der Waals surface area contributed by atoms with Gasteiger partial charge < -0.3 is 15.7 Å². The monoisotopic (exact) mass is 188 g/mol. The molecule has 1 atom stereocenters. The third-order valence-corrected chi connectivity index (χ3v) is 2.23. The van der Waals surface area contributed by atoms with Crippen molar-refractivity contribution >= 4 is 11.8 Å². The Labute approximate surface area is 80.4 Å². The minimum Gasteiger partial charge on any atom is -0.507 e. The first-order chi connectivity index (χ1) is 6.74. The molecule has 0 saturated heterocycles. The van der Waals surface area contributed by atoms with Crippen molar-refractivity contribution < 1.29 is 15.0 Å². The molecule has 4 nitrogen and oxygen atoms in total. The smallest absolute Gasteiger partial charge is 0.324 e. The third-order valence-electron chi connectivity index (χ3n) is 2.23. The summed E-state index contributed by atoms with van der Waals surface area (Å²) in [6.45, 7) is 0. The number of rotatable bonds is 0. The van der Waals surface area contributed by atoms with Crippen LogP contribution >= 0.6 is 0 Å². The van der Waals surface area contributed by atoms with E-state index < -0.39 is 6.10 Å². The van der Waals surface area contributed by atoms with Crippen LogP contribution in [0.5, 0.6) is 5.75 Å². The van der Waals surface area contributed by atoms with Crippen molar-refractivity contribution in [3.63, 3.8) is 0 Å². The number of phenols is 1. The van der Waals surface area contributed by atoms with E-state index in [0.29, 0.717) is 11.1 Å². The zero-order valence-corrected chi connectivity index (χ0v) is 7.25. The first-order valence-electron chi connectivity index (χ1n) is 4.14.